The van der Waals surface area contributed by atoms with Gasteiger partial charge >= 0.3 is 0 Å². The molecule has 2 N–H and O–H groups in total. The second-order valence-corrected chi connectivity index (χ2v) is 3.99. The van der Waals surface area contributed by atoms with Crippen LogP contribution < -0.4 is 5.73 Å². The molecule has 0 aliphatic carbocycles. The van der Waals surface area contributed by atoms with Gasteiger partial charge in [0.05, 0.1) is 6.61 Å². The van der Waals surface area contributed by atoms with E-state index in [1.807, 2.05) is 6.07 Å². The predicted octanol–water partition coefficient (Wildman–Crippen LogP) is 2.21. The minimum absolute atomic E-state index is 0. The molecule has 0 aromatic heterocycles. The Hall–Kier alpha value is -0.320. The van der Waals surface area contributed by atoms with E-state index in [9.17, 15) is 0 Å². The first-order chi connectivity index (χ1) is 7.27. The lowest BCUT2D eigenvalue weighted by molar-refractivity contribution is -0.0379. The van der Waals surface area contributed by atoms with Gasteiger partial charge in [-0.05, 0) is 12.5 Å². The molecule has 1 aromatic rings. The first kappa shape index (κ1) is 16.7. The van der Waals surface area contributed by atoms with Crippen LogP contribution in [0, 0.1) is 0 Å². The number of benzene rings is 1. The van der Waals surface area contributed by atoms with Crippen LogP contribution in [0.1, 0.15) is 18.5 Å². The Balaban J connectivity index is 0.00000128. The van der Waals surface area contributed by atoms with Gasteiger partial charge in [0.2, 0.25) is 0 Å². The Morgan fingerprint density at radius 2 is 1.94 bits per heavy atom. The number of ether oxygens (including phenoxy) is 1. The van der Waals surface area contributed by atoms with Gasteiger partial charge in [-0.2, -0.15) is 0 Å². The summed E-state index contributed by atoms with van der Waals surface area (Å²) in [4.78, 5) is 2.36. The topological polar surface area (TPSA) is 38.5 Å². The molecule has 17 heavy (non-hydrogen) atoms. The zero-order valence-corrected chi connectivity index (χ0v) is 11.5. The van der Waals surface area contributed by atoms with Crippen LogP contribution in [0.5, 0.6) is 0 Å². The highest BCUT2D eigenvalue weighted by Crippen LogP contribution is 2.21. The van der Waals surface area contributed by atoms with Crippen molar-refractivity contribution in [2.45, 2.75) is 19.2 Å². The maximum Gasteiger partial charge on any atom is 0.118 e. The molecule has 2 rings (SSSR count). The fraction of sp³-hybridized carbons (Fsp3) is 0.500. The van der Waals surface area contributed by atoms with Crippen LogP contribution in [0.25, 0.3) is 0 Å². The Labute approximate surface area is 115 Å². The SMILES string of the molecule is CC(c1ccccc1)N1CCOC(N)C1.Cl.Cl. The number of nitrogens with zero attached hydrogens (tertiary/aromatic N) is 1. The number of hydrogen-bond donors (Lipinski definition) is 1. The van der Waals surface area contributed by atoms with E-state index in [1.54, 1.807) is 0 Å². The van der Waals surface area contributed by atoms with Crippen molar-refractivity contribution in [3.05, 3.63) is 35.9 Å². The lowest BCUT2D eigenvalue weighted by Gasteiger charge is -2.35. The van der Waals surface area contributed by atoms with E-state index in [2.05, 4.69) is 36.1 Å². The molecular weight excluding hydrogens is 259 g/mol. The van der Waals surface area contributed by atoms with Crippen LogP contribution in [0.4, 0.5) is 0 Å². The third-order valence-electron chi connectivity index (χ3n) is 2.95. The smallest absolute Gasteiger partial charge is 0.118 e. The fourth-order valence-corrected chi connectivity index (χ4v) is 1.99. The second-order valence-electron chi connectivity index (χ2n) is 3.99. The molecule has 1 heterocycles. The van der Waals surface area contributed by atoms with Gasteiger partial charge in [-0.3, -0.25) is 4.90 Å². The first-order valence-electron chi connectivity index (χ1n) is 5.43. The van der Waals surface area contributed by atoms with Crippen molar-refractivity contribution in [1.29, 1.82) is 0 Å². The molecule has 1 saturated heterocycles. The third-order valence-corrected chi connectivity index (χ3v) is 2.95. The first-order valence-corrected chi connectivity index (χ1v) is 5.43. The molecule has 3 nitrogen and oxygen atoms in total. The van der Waals surface area contributed by atoms with Gasteiger partial charge in [0, 0.05) is 19.1 Å². The Morgan fingerprint density at radius 3 is 2.53 bits per heavy atom. The average molecular weight is 279 g/mol. The van der Waals surface area contributed by atoms with Crippen molar-refractivity contribution in [3.8, 4) is 0 Å². The minimum Gasteiger partial charge on any atom is -0.361 e. The van der Waals surface area contributed by atoms with Gasteiger partial charge < -0.3 is 10.5 Å². The van der Waals surface area contributed by atoms with Crippen molar-refractivity contribution in [3.63, 3.8) is 0 Å². The van der Waals surface area contributed by atoms with Gasteiger partial charge in [0.15, 0.2) is 0 Å². The molecule has 0 bridgehead atoms. The quantitative estimate of drug-likeness (QED) is 0.902. The Morgan fingerprint density at radius 1 is 1.29 bits per heavy atom. The average Bonchev–Trinajstić information content (AvgIpc) is 2.29. The number of hydrogen-bond acceptors (Lipinski definition) is 3. The van der Waals surface area contributed by atoms with Crippen LogP contribution in [0.3, 0.4) is 0 Å². The maximum absolute atomic E-state index is 5.78. The van der Waals surface area contributed by atoms with Crippen LogP contribution in [0.15, 0.2) is 30.3 Å². The lowest BCUT2D eigenvalue weighted by atomic mass is 10.1. The van der Waals surface area contributed by atoms with E-state index in [-0.39, 0.29) is 31.0 Å². The lowest BCUT2D eigenvalue weighted by Crippen LogP contribution is -2.47. The summed E-state index contributed by atoms with van der Waals surface area (Å²) in [5.74, 6) is 0. The monoisotopic (exact) mass is 278 g/mol. The van der Waals surface area contributed by atoms with E-state index >= 15 is 0 Å². The summed E-state index contributed by atoms with van der Waals surface area (Å²) >= 11 is 0. The molecule has 0 amide bonds. The number of halogens is 2. The number of morpholine rings is 1. The fourth-order valence-electron chi connectivity index (χ4n) is 1.99. The number of rotatable bonds is 2. The largest absolute Gasteiger partial charge is 0.361 e. The molecule has 0 saturated carbocycles. The van der Waals surface area contributed by atoms with E-state index in [0.717, 1.165) is 19.7 Å². The van der Waals surface area contributed by atoms with E-state index in [1.165, 1.54) is 5.56 Å². The van der Waals surface area contributed by atoms with Crippen molar-refractivity contribution in [1.82, 2.24) is 4.90 Å². The minimum atomic E-state index is -0.134. The summed E-state index contributed by atoms with van der Waals surface area (Å²) in [5, 5.41) is 0. The Bertz CT molecular complexity index is 311. The van der Waals surface area contributed by atoms with Crippen LogP contribution in [0.2, 0.25) is 0 Å². The molecule has 1 aromatic carbocycles. The van der Waals surface area contributed by atoms with Crippen molar-refractivity contribution >= 4 is 24.8 Å². The van der Waals surface area contributed by atoms with E-state index in [4.69, 9.17) is 10.5 Å². The molecule has 1 aliphatic rings. The third kappa shape index (κ3) is 4.45. The normalized spacial score (nSPS) is 22.1. The summed E-state index contributed by atoms with van der Waals surface area (Å²) in [7, 11) is 0. The molecule has 0 spiro atoms. The highest BCUT2D eigenvalue weighted by molar-refractivity contribution is 5.85. The van der Waals surface area contributed by atoms with Crippen LogP contribution in [-0.2, 0) is 4.74 Å². The molecule has 1 aliphatic heterocycles. The van der Waals surface area contributed by atoms with Crippen LogP contribution in [-0.4, -0.2) is 30.8 Å². The van der Waals surface area contributed by atoms with Crippen molar-refractivity contribution in [2.24, 2.45) is 5.73 Å². The summed E-state index contributed by atoms with van der Waals surface area (Å²) in [6.45, 7) is 4.73. The van der Waals surface area contributed by atoms with Gasteiger partial charge in [-0.15, -0.1) is 24.8 Å². The summed E-state index contributed by atoms with van der Waals surface area (Å²) in [6, 6.07) is 10.9. The maximum atomic E-state index is 5.78. The van der Waals surface area contributed by atoms with Crippen LogP contribution >= 0.6 is 24.8 Å². The summed E-state index contributed by atoms with van der Waals surface area (Å²) in [6.07, 6.45) is -0.134. The number of nitrogens with two attached hydrogens (primary N) is 1. The second kappa shape index (κ2) is 7.90. The summed E-state index contributed by atoms with van der Waals surface area (Å²) < 4.78 is 5.33. The molecule has 0 radical (unpaired) electrons. The van der Waals surface area contributed by atoms with Crippen molar-refractivity contribution in [2.75, 3.05) is 19.7 Å². The molecular formula is C12H20Cl2N2O. The van der Waals surface area contributed by atoms with Gasteiger partial charge in [-0.25, -0.2) is 0 Å². The Kier molecular flexibility index (Phi) is 7.75. The van der Waals surface area contributed by atoms with Gasteiger partial charge in [-0.1, -0.05) is 30.3 Å². The highest BCUT2D eigenvalue weighted by atomic mass is 35.5. The highest BCUT2D eigenvalue weighted by Gasteiger charge is 2.22. The predicted molar refractivity (Wildman–Crippen MR) is 74.9 cm³/mol. The van der Waals surface area contributed by atoms with Crippen molar-refractivity contribution < 1.29 is 4.74 Å². The van der Waals surface area contributed by atoms with Gasteiger partial charge in [0.1, 0.15) is 6.23 Å². The molecule has 98 valence electrons. The molecule has 2 atom stereocenters. The summed E-state index contributed by atoms with van der Waals surface area (Å²) in [5.41, 5.74) is 7.12. The van der Waals surface area contributed by atoms with Gasteiger partial charge in [0.25, 0.3) is 0 Å². The zero-order chi connectivity index (χ0) is 10.7. The van der Waals surface area contributed by atoms with E-state index < -0.39 is 0 Å². The molecule has 5 heteroatoms. The van der Waals surface area contributed by atoms with E-state index in [0.29, 0.717) is 6.04 Å². The molecule has 1 fully saturated rings. The standard InChI is InChI=1S/C12H18N2O.2ClH/c1-10(11-5-3-2-4-6-11)14-7-8-15-12(13)9-14;;/h2-6,10,12H,7-9,13H2,1H3;2*1H. The zero-order valence-electron chi connectivity index (χ0n) is 9.91. The molecule has 2 unspecified atom stereocenters.